The van der Waals surface area contributed by atoms with Crippen LogP contribution in [0.2, 0.25) is 0 Å². The smallest absolute Gasteiger partial charge is 0.452 e. The molecule has 0 spiro atoms. The summed E-state index contributed by atoms with van der Waals surface area (Å²) in [7, 11) is 0. The number of halogens is 13. The summed E-state index contributed by atoms with van der Waals surface area (Å²) in [5.41, 5.74) is -8.00. The van der Waals surface area contributed by atoms with E-state index < -0.39 is 64.7 Å². The van der Waals surface area contributed by atoms with Gasteiger partial charge in [0.2, 0.25) is 5.60 Å². The molecule has 1 aliphatic rings. The Labute approximate surface area is 192 Å². The molecule has 2 atom stereocenters. The molecule has 0 amide bonds. The average Bonchev–Trinajstić information content (AvgIpc) is 3.10. The van der Waals surface area contributed by atoms with Crippen molar-refractivity contribution in [2.24, 2.45) is 0 Å². The number of benzene rings is 2. The fraction of sp³-hybridized carbons (Fsp3) is 0.333. The van der Waals surface area contributed by atoms with E-state index in [1.807, 2.05) is 0 Å². The van der Waals surface area contributed by atoms with E-state index in [0.29, 0.717) is 24.3 Å². The van der Waals surface area contributed by atoms with E-state index in [2.05, 4.69) is 9.47 Å². The normalized spacial score (nSPS) is 25.2. The first-order chi connectivity index (χ1) is 16.2. The van der Waals surface area contributed by atoms with Gasteiger partial charge in [0.05, 0.1) is 6.08 Å². The van der Waals surface area contributed by atoms with Crippen LogP contribution in [0.5, 0.6) is 0 Å². The van der Waals surface area contributed by atoms with Crippen molar-refractivity contribution in [1.82, 2.24) is 0 Å². The number of rotatable bonds is 4. The number of hydrogen-bond acceptors (Lipinski definition) is 2. The van der Waals surface area contributed by atoms with Gasteiger partial charge < -0.3 is 9.47 Å². The van der Waals surface area contributed by atoms with Gasteiger partial charge in [-0.25, -0.2) is 0 Å². The van der Waals surface area contributed by atoms with Crippen LogP contribution < -0.4 is 0 Å². The fourth-order valence-electron chi connectivity index (χ4n) is 3.54. The summed E-state index contributed by atoms with van der Waals surface area (Å²) < 4.78 is 190. The lowest BCUT2D eigenvalue weighted by molar-refractivity contribution is -0.423. The first-order valence-corrected chi connectivity index (χ1v) is 9.42. The lowest BCUT2D eigenvalue weighted by Gasteiger charge is -2.40. The van der Waals surface area contributed by atoms with E-state index >= 15 is 8.78 Å². The number of ether oxygens (including phenoxy) is 2. The summed E-state index contributed by atoms with van der Waals surface area (Å²) >= 11 is 0. The number of hydrogen-bond donors (Lipinski definition) is 0. The molecule has 36 heavy (non-hydrogen) atoms. The maximum absolute atomic E-state index is 15.1. The zero-order valence-corrected chi connectivity index (χ0v) is 17.1. The molecule has 2 unspecified atom stereocenters. The third-order valence-electron chi connectivity index (χ3n) is 5.09. The molecule has 0 aromatic heterocycles. The van der Waals surface area contributed by atoms with Crippen LogP contribution in [0.3, 0.4) is 0 Å². The van der Waals surface area contributed by atoms with Gasteiger partial charge >= 0.3 is 36.2 Å². The Hall–Kier alpha value is -2.97. The fourth-order valence-corrected chi connectivity index (χ4v) is 3.54. The highest BCUT2D eigenvalue weighted by Gasteiger charge is 2.85. The van der Waals surface area contributed by atoms with Crippen LogP contribution in [0.1, 0.15) is 11.1 Å². The third-order valence-corrected chi connectivity index (χ3v) is 5.09. The maximum Gasteiger partial charge on any atom is 0.460 e. The Kier molecular flexibility index (Phi) is 6.35. The molecule has 1 saturated heterocycles. The summed E-state index contributed by atoms with van der Waals surface area (Å²) in [5.74, 6) is -20.6. The SMILES string of the molecule is FC(F)(F)/C=C1\OC(c2ccccc2)(C(F)(F)C(F)(F)F)OC1(c1ccccc1)C(F)(F)C(F)(F)F. The van der Waals surface area contributed by atoms with Crippen molar-refractivity contribution in [3.8, 4) is 0 Å². The number of alkyl halides is 13. The summed E-state index contributed by atoms with van der Waals surface area (Å²) in [6.07, 6.45) is -20.8. The third kappa shape index (κ3) is 4.06. The molecule has 2 aromatic rings. The van der Waals surface area contributed by atoms with Crippen molar-refractivity contribution >= 4 is 0 Å². The van der Waals surface area contributed by atoms with Gasteiger partial charge in [-0.3, -0.25) is 0 Å². The molecule has 0 radical (unpaired) electrons. The first-order valence-electron chi connectivity index (χ1n) is 9.42. The largest absolute Gasteiger partial charge is 0.460 e. The molecule has 0 saturated carbocycles. The highest BCUT2D eigenvalue weighted by Crippen LogP contribution is 2.66. The first kappa shape index (κ1) is 27.6. The van der Waals surface area contributed by atoms with Crippen LogP contribution in [-0.2, 0) is 20.9 Å². The zero-order chi connectivity index (χ0) is 27.4. The van der Waals surface area contributed by atoms with E-state index in [-0.39, 0.29) is 0 Å². The Bertz CT molecular complexity index is 1100. The molecular weight excluding hydrogens is 531 g/mol. The topological polar surface area (TPSA) is 18.5 Å². The van der Waals surface area contributed by atoms with Crippen LogP contribution >= 0.6 is 0 Å². The van der Waals surface area contributed by atoms with E-state index in [1.165, 1.54) is 0 Å². The van der Waals surface area contributed by atoms with Crippen molar-refractivity contribution in [3.63, 3.8) is 0 Å². The minimum atomic E-state index is -6.82. The minimum absolute atomic E-state index is 0.333. The van der Waals surface area contributed by atoms with E-state index in [0.717, 1.165) is 36.4 Å². The second kappa shape index (κ2) is 8.28. The van der Waals surface area contributed by atoms with Crippen LogP contribution in [0, 0.1) is 0 Å². The highest BCUT2D eigenvalue weighted by atomic mass is 19.4. The lowest BCUT2D eigenvalue weighted by Crippen LogP contribution is -2.60. The standard InChI is InChI=1S/C21H11F13O2/c22-15(23,24)11-14-16(12-7-3-1-4-8-12,18(25,26)20(29,30)31)36-17(35-14,13-9-5-2-6-10-13)19(27,28)21(32,33)34/h1-11H/b14-11-. The molecule has 0 aliphatic carbocycles. The molecule has 1 heterocycles. The van der Waals surface area contributed by atoms with Gasteiger partial charge in [-0.1, -0.05) is 60.7 Å². The van der Waals surface area contributed by atoms with Gasteiger partial charge in [0.25, 0.3) is 0 Å². The predicted octanol–water partition coefficient (Wildman–Crippen LogP) is 7.62. The Morgan fingerprint density at radius 3 is 1.36 bits per heavy atom. The van der Waals surface area contributed by atoms with Crippen LogP contribution in [0.15, 0.2) is 72.5 Å². The zero-order valence-electron chi connectivity index (χ0n) is 17.1. The molecule has 0 bridgehead atoms. The average molecular weight is 542 g/mol. The molecule has 15 heteroatoms. The van der Waals surface area contributed by atoms with Gasteiger partial charge in [0.15, 0.2) is 0 Å². The highest BCUT2D eigenvalue weighted by molar-refractivity contribution is 5.41. The van der Waals surface area contributed by atoms with Gasteiger partial charge in [-0.15, -0.1) is 0 Å². The second-order valence-corrected chi connectivity index (χ2v) is 7.43. The van der Waals surface area contributed by atoms with E-state index in [9.17, 15) is 48.3 Å². The van der Waals surface area contributed by atoms with Crippen molar-refractivity contribution in [2.75, 3.05) is 0 Å². The van der Waals surface area contributed by atoms with Crippen molar-refractivity contribution in [3.05, 3.63) is 83.6 Å². The molecule has 2 nitrogen and oxygen atoms in total. The lowest BCUT2D eigenvalue weighted by atomic mass is 9.84. The minimum Gasteiger partial charge on any atom is -0.452 e. The molecule has 3 rings (SSSR count). The van der Waals surface area contributed by atoms with Crippen molar-refractivity contribution in [2.45, 2.75) is 41.8 Å². The summed E-state index contributed by atoms with van der Waals surface area (Å²) in [6.45, 7) is 0. The quantitative estimate of drug-likeness (QED) is 0.370. The van der Waals surface area contributed by atoms with Gasteiger partial charge in [-0.05, 0) is 5.56 Å². The molecular formula is C21H11F13O2. The molecule has 2 aromatic carbocycles. The molecule has 198 valence electrons. The molecule has 0 N–H and O–H groups in total. The Morgan fingerprint density at radius 1 is 0.556 bits per heavy atom. The maximum atomic E-state index is 15.1. The van der Waals surface area contributed by atoms with E-state index in [4.69, 9.17) is 0 Å². The van der Waals surface area contributed by atoms with Gasteiger partial charge in [0.1, 0.15) is 5.76 Å². The Balaban J connectivity index is 2.55. The van der Waals surface area contributed by atoms with Crippen LogP contribution in [0.25, 0.3) is 0 Å². The number of allylic oxidation sites excluding steroid dienone is 1. The van der Waals surface area contributed by atoms with Crippen LogP contribution in [0.4, 0.5) is 57.1 Å². The van der Waals surface area contributed by atoms with Crippen molar-refractivity contribution < 1.29 is 66.5 Å². The Morgan fingerprint density at radius 2 is 0.972 bits per heavy atom. The second-order valence-electron chi connectivity index (χ2n) is 7.43. The summed E-state index contributed by atoms with van der Waals surface area (Å²) in [6, 6.07) is 6.40. The van der Waals surface area contributed by atoms with Crippen molar-refractivity contribution in [1.29, 1.82) is 0 Å². The molecule has 1 fully saturated rings. The predicted molar refractivity (Wildman–Crippen MR) is 94.6 cm³/mol. The summed E-state index contributed by atoms with van der Waals surface area (Å²) in [4.78, 5) is 0. The monoisotopic (exact) mass is 542 g/mol. The van der Waals surface area contributed by atoms with Gasteiger partial charge in [0, 0.05) is 5.56 Å². The van der Waals surface area contributed by atoms with E-state index in [1.54, 1.807) is 0 Å². The van der Waals surface area contributed by atoms with Crippen LogP contribution in [-0.4, -0.2) is 30.4 Å². The van der Waals surface area contributed by atoms with Gasteiger partial charge in [-0.2, -0.15) is 57.1 Å². The molecule has 1 aliphatic heterocycles. The summed E-state index contributed by atoms with van der Waals surface area (Å²) in [5, 5.41) is 0.